The van der Waals surface area contributed by atoms with Crippen molar-refractivity contribution in [2.24, 2.45) is 4.99 Å². The van der Waals surface area contributed by atoms with Crippen LogP contribution in [0.4, 0.5) is 4.39 Å². The Morgan fingerprint density at radius 3 is 2.64 bits per heavy atom. The van der Waals surface area contributed by atoms with Crippen LogP contribution in [-0.2, 0) is 13.0 Å². The number of pyridine rings is 1. The van der Waals surface area contributed by atoms with Gasteiger partial charge in [-0.1, -0.05) is 12.1 Å². The number of hydrogen-bond acceptors (Lipinski definition) is 2. The molecule has 6 heteroatoms. The van der Waals surface area contributed by atoms with Gasteiger partial charge in [0.25, 0.3) is 0 Å². The van der Waals surface area contributed by atoms with Crippen molar-refractivity contribution in [3.63, 3.8) is 0 Å². The molecule has 0 saturated carbocycles. The maximum Gasteiger partial charge on any atom is 0.191 e. The largest absolute Gasteiger partial charge is 0.357 e. The summed E-state index contributed by atoms with van der Waals surface area (Å²) >= 11 is 0. The Hall–Kier alpha value is -1.70. The number of halogens is 2. The van der Waals surface area contributed by atoms with E-state index >= 15 is 0 Å². The molecule has 0 aliphatic heterocycles. The van der Waals surface area contributed by atoms with Gasteiger partial charge in [-0.15, -0.1) is 24.0 Å². The van der Waals surface area contributed by atoms with Gasteiger partial charge in [-0.05, 0) is 62.6 Å². The molecule has 1 aromatic heterocycles. The average molecular weight is 456 g/mol. The van der Waals surface area contributed by atoms with Crippen LogP contribution in [-0.4, -0.2) is 24.0 Å². The molecule has 25 heavy (non-hydrogen) atoms. The Labute approximate surface area is 166 Å². The van der Waals surface area contributed by atoms with Crippen LogP contribution in [0.25, 0.3) is 0 Å². The number of aliphatic imine (C=N–C) groups is 1. The van der Waals surface area contributed by atoms with Gasteiger partial charge in [-0.3, -0.25) is 4.98 Å². The fraction of sp³-hybridized carbons (Fsp3) is 0.368. The van der Waals surface area contributed by atoms with E-state index in [0.29, 0.717) is 6.54 Å². The quantitative estimate of drug-likeness (QED) is 0.396. The lowest BCUT2D eigenvalue weighted by molar-refractivity contribution is 0.625. The second-order valence-corrected chi connectivity index (χ2v) is 5.71. The Kier molecular flexibility index (Phi) is 9.41. The molecule has 4 nitrogen and oxygen atoms in total. The maximum absolute atomic E-state index is 13.1. The van der Waals surface area contributed by atoms with Crippen LogP contribution in [0, 0.1) is 19.7 Å². The van der Waals surface area contributed by atoms with Crippen LogP contribution in [0.1, 0.15) is 29.4 Å². The molecular weight excluding hydrogens is 430 g/mol. The van der Waals surface area contributed by atoms with Crippen LogP contribution in [0.5, 0.6) is 0 Å². The van der Waals surface area contributed by atoms with Gasteiger partial charge in [0.05, 0.1) is 12.2 Å². The van der Waals surface area contributed by atoms with Crippen molar-refractivity contribution in [2.45, 2.75) is 33.7 Å². The highest BCUT2D eigenvalue weighted by molar-refractivity contribution is 14.0. The third-order valence-electron chi connectivity index (χ3n) is 3.68. The molecule has 0 aliphatic carbocycles. The predicted molar refractivity (Wildman–Crippen MR) is 112 cm³/mol. The number of guanidine groups is 1. The molecule has 0 saturated heterocycles. The lowest BCUT2D eigenvalue weighted by atomic mass is 10.1. The summed E-state index contributed by atoms with van der Waals surface area (Å²) < 4.78 is 13.1. The Bertz CT molecular complexity index is 704. The first-order valence-corrected chi connectivity index (χ1v) is 8.28. The van der Waals surface area contributed by atoms with Crippen molar-refractivity contribution in [3.05, 3.63) is 64.7 Å². The van der Waals surface area contributed by atoms with E-state index in [1.165, 1.54) is 6.07 Å². The van der Waals surface area contributed by atoms with Gasteiger partial charge in [0.15, 0.2) is 5.96 Å². The fourth-order valence-electron chi connectivity index (χ4n) is 2.44. The SMILES string of the molecule is CCNC(=NCc1cccc(C)n1)NCCc1ccc(F)cc1C.I. The first-order chi connectivity index (χ1) is 11.6. The summed E-state index contributed by atoms with van der Waals surface area (Å²) in [5.74, 6) is 0.574. The summed E-state index contributed by atoms with van der Waals surface area (Å²) in [7, 11) is 0. The second kappa shape index (κ2) is 11.0. The summed E-state index contributed by atoms with van der Waals surface area (Å²) in [6.45, 7) is 8.00. The minimum absolute atomic E-state index is 0. The van der Waals surface area contributed by atoms with Crippen molar-refractivity contribution in [1.29, 1.82) is 0 Å². The van der Waals surface area contributed by atoms with E-state index in [1.807, 2.05) is 45.0 Å². The molecule has 0 bridgehead atoms. The molecule has 0 radical (unpaired) electrons. The van der Waals surface area contributed by atoms with Gasteiger partial charge in [0.2, 0.25) is 0 Å². The van der Waals surface area contributed by atoms with Crippen LogP contribution < -0.4 is 10.6 Å². The number of benzene rings is 1. The molecule has 0 fully saturated rings. The van der Waals surface area contributed by atoms with Crippen LogP contribution >= 0.6 is 24.0 Å². The van der Waals surface area contributed by atoms with Gasteiger partial charge >= 0.3 is 0 Å². The number of aryl methyl sites for hydroxylation is 2. The van der Waals surface area contributed by atoms with Gasteiger partial charge in [0.1, 0.15) is 5.82 Å². The second-order valence-electron chi connectivity index (χ2n) is 5.71. The summed E-state index contributed by atoms with van der Waals surface area (Å²) in [6, 6.07) is 10.9. The summed E-state index contributed by atoms with van der Waals surface area (Å²) in [4.78, 5) is 9.02. The predicted octanol–water partition coefficient (Wildman–Crippen LogP) is 3.75. The molecule has 2 rings (SSSR count). The highest BCUT2D eigenvalue weighted by atomic mass is 127. The zero-order chi connectivity index (χ0) is 17.4. The van der Waals surface area contributed by atoms with E-state index in [0.717, 1.165) is 48.0 Å². The van der Waals surface area contributed by atoms with E-state index in [9.17, 15) is 4.39 Å². The zero-order valence-corrected chi connectivity index (χ0v) is 17.3. The first-order valence-electron chi connectivity index (χ1n) is 8.28. The third kappa shape index (κ3) is 7.37. The Balaban J connectivity index is 0.00000312. The lowest BCUT2D eigenvalue weighted by Gasteiger charge is -2.12. The van der Waals surface area contributed by atoms with E-state index in [4.69, 9.17) is 0 Å². The fourth-order valence-corrected chi connectivity index (χ4v) is 2.44. The lowest BCUT2D eigenvalue weighted by Crippen LogP contribution is -2.38. The molecule has 1 heterocycles. The van der Waals surface area contributed by atoms with Crippen molar-refractivity contribution >= 4 is 29.9 Å². The molecule has 0 unspecified atom stereocenters. The monoisotopic (exact) mass is 456 g/mol. The highest BCUT2D eigenvalue weighted by Crippen LogP contribution is 2.10. The zero-order valence-electron chi connectivity index (χ0n) is 15.0. The average Bonchev–Trinajstić information content (AvgIpc) is 2.54. The highest BCUT2D eigenvalue weighted by Gasteiger charge is 2.02. The molecular formula is C19H26FIN4. The van der Waals surface area contributed by atoms with Crippen molar-refractivity contribution in [3.8, 4) is 0 Å². The Morgan fingerprint density at radius 1 is 1.16 bits per heavy atom. The minimum Gasteiger partial charge on any atom is -0.357 e. The van der Waals surface area contributed by atoms with E-state index in [2.05, 4.69) is 20.6 Å². The summed E-state index contributed by atoms with van der Waals surface area (Å²) in [5, 5.41) is 6.54. The van der Waals surface area contributed by atoms with Crippen LogP contribution in [0.3, 0.4) is 0 Å². The number of aromatic nitrogens is 1. The summed E-state index contributed by atoms with van der Waals surface area (Å²) in [6.07, 6.45) is 0.819. The minimum atomic E-state index is -0.190. The summed E-state index contributed by atoms with van der Waals surface area (Å²) in [5.41, 5.74) is 4.05. The number of rotatable bonds is 6. The van der Waals surface area contributed by atoms with E-state index in [1.54, 1.807) is 6.07 Å². The van der Waals surface area contributed by atoms with Gasteiger partial charge < -0.3 is 10.6 Å². The van der Waals surface area contributed by atoms with Crippen molar-refractivity contribution in [1.82, 2.24) is 15.6 Å². The number of hydrogen-bond donors (Lipinski definition) is 2. The molecule has 2 N–H and O–H groups in total. The van der Waals surface area contributed by atoms with Gasteiger partial charge in [-0.25, -0.2) is 9.38 Å². The topological polar surface area (TPSA) is 49.3 Å². The molecule has 2 aromatic rings. The molecule has 0 spiro atoms. The smallest absolute Gasteiger partial charge is 0.191 e. The van der Waals surface area contributed by atoms with E-state index in [-0.39, 0.29) is 29.8 Å². The van der Waals surface area contributed by atoms with Crippen molar-refractivity contribution < 1.29 is 4.39 Å². The number of nitrogens with zero attached hydrogens (tertiary/aromatic N) is 2. The molecule has 0 amide bonds. The Morgan fingerprint density at radius 2 is 1.96 bits per heavy atom. The molecule has 0 aliphatic rings. The third-order valence-corrected chi connectivity index (χ3v) is 3.68. The normalized spacial score (nSPS) is 11.0. The molecule has 0 atom stereocenters. The molecule has 136 valence electrons. The van der Waals surface area contributed by atoms with Crippen LogP contribution in [0.15, 0.2) is 41.4 Å². The van der Waals surface area contributed by atoms with Crippen LogP contribution in [0.2, 0.25) is 0 Å². The first kappa shape index (κ1) is 21.3. The maximum atomic E-state index is 13.1. The van der Waals surface area contributed by atoms with Gasteiger partial charge in [-0.2, -0.15) is 0 Å². The standard InChI is InChI=1S/C19H25FN4.HI/c1-4-21-19(23-13-18-7-5-6-15(3)24-18)22-11-10-16-8-9-17(20)12-14(16)2;/h5-9,12H,4,10-11,13H2,1-3H3,(H2,21,22,23);1H. The number of nitrogens with one attached hydrogen (secondary N) is 2. The van der Waals surface area contributed by atoms with Gasteiger partial charge in [0, 0.05) is 18.8 Å². The van der Waals surface area contributed by atoms with Crippen molar-refractivity contribution in [2.75, 3.05) is 13.1 Å². The van der Waals surface area contributed by atoms with E-state index < -0.39 is 0 Å². The molecule has 1 aromatic carbocycles.